The van der Waals surface area contributed by atoms with Crippen molar-refractivity contribution in [1.82, 2.24) is 0 Å². The SMILES string of the molecule is CCC(CC)CCOC(=O)c1ccc(OC)c(OC)c1. The number of benzene rings is 1. The van der Waals surface area contributed by atoms with E-state index in [1.165, 1.54) is 0 Å². The third kappa shape index (κ3) is 4.44. The van der Waals surface area contributed by atoms with Crippen LogP contribution in [0, 0.1) is 5.92 Å². The predicted molar refractivity (Wildman–Crippen MR) is 78.5 cm³/mol. The summed E-state index contributed by atoms with van der Waals surface area (Å²) in [5.74, 6) is 1.42. The summed E-state index contributed by atoms with van der Waals surface area (Å²) in [6.07, 6.45) is 3.14. The van der Waals surface area contributed by atoms with Crippen molar-refractivity contribution in [2.75, 3.05) is 20.8 Å². The zero-order valence-electron chi connectivity index (χ0n) is 12.8. The van der Waals surface area contributed by atoms with Crippen LogP contribution < -0.4 is 9.47 Å². The minimum absolute atomic E-state index is 0.322. The molecule has 112 valence electrons. The molecule has 0 radical (unpaired) electrons. The Kier molecular flexibility index (Phi) is 6.91. The van der Waals surface area contributed by atoms with Crippen LogP contribution in [0.25, 0.3) is 0 Å². The molecule has 0 amide bonds. The van der Waals surface area contributed by atoms with Crippen LogP contribution in [-0.4, -0.2) is 26.8 Å². The molecule has 0 N–H and O–H groups in total. The van der Waals surface area contributed by atoms with Gasteiger partial charge in [-0.25, -0.2) is 4.79 Å². The van der Waals surface area contributed by atoms with E-state index in [1.54, 1.807) is 32.4 Å². The van der Waals surface area contributed by atoms with Gasteiger partial charge in [0.15, 0.2) is 11.5 Å². The number of esters is 1. The Balaban J connectivity index is 2.59. The fraction of sp³-hybridized carbons (Fsp3) is 0.562. The molecule has 0 spiro atoms. The van der Waals surface area contributed by atoms with Crippen LogP contribution in [0.1, 0.15) is 43.5 Å². The Morgan fingerprint density at radius 3 is 2.30 bits per heavy atom. The average molecular weight is 280 g/mol. The number of ether oxygens (including phenoxy) is 3. The predicted octanol–water partition coefficient (Wildman–Crippen LogP) is 3.69. The summed E-state index contributed by atoms with van der Waals surface area (Å²) in [5, 5.41) is 0. The summed E-state index contributed by atoms with van der Waals surface area (Å²) in [5.41, 5.74) is 0.479. The van der Waals surface area contributed by atoms with Crippen LogP contribution >= 0.6 is 0 Å². The first-order valence-corrected chi connectivity index (χ1v) is 7.05. The van der Waals surface area contributed by atoms with Crippen LogP contribution in [0.3, 0.4) is 0 Å². The number of hydrogen-bond acceptors (Lipinski definition) is 4. The highest BCUT2D eigenvalue weighted by Crippen LogP contribution is 2.27. The Labute approximate surface area is 121 Å². The molecule has 0 unspecified atom stereocenters. The zero-order chi connectivity index (χ0) is 15.0. The molecule has 0 heterocycles. The highest BCUT2D eigenvalue weighted by atomic mass is 16.5. The van der Waals surface area contributed by atoms with E-state index < -0.39 is 0 Å². The van der Waals surface area contributed by atoms with Gasteiger partial charge in [-0.15, -0.1) is 0 Å². The average Bonchev–Trinajstić information content (AvgIpc) is 2.50. The molecule has 0 bridgehead atoms. The van der Waals surface area contributed by atoms with Crippen molar-refractivity contribution < 1.29 is 19.0 Å². The fourth-order valence-corrected chi connectivity index (χ4v) is 2.06. The van der Waals surface area contributed by atoms with E-state index in [2.05, 4.69) is 13.8 Å². The molecule has 0 atom stereocenters. The molecular weight excluding hydrogens is 256 g/mol. The topological polar surface area (TPSA) is 44.8 Å². The van der Waals surface area contributed by atoms with Crippen molar-refractivity contribution in [3.63, 3.8) is 0 Å². The largest absolute Gasteiger partial charge is 0.493 e. The van der Waals surface area contributed by atoms with Crippen LogP contribution in [0.5, 0.6) is 11.5 Å². The minimum Gasteiger partial charge on any atom is -0.493 e. The Morgan fingerprint density at radius 2 is 1.75 bits per heavy atom. The third-order valence-corrected chi connectivity index (χ3v) is 3.53. The van der Waals surface area contributed by atoms with E-state index in [9.17, 15) is 4.79 Å². The van der Waals surface area contributed by atoms with Gasteiger partial charge in [0.1, 0.15) is 0 Å². The van der Waals surface area contributed by atoms with Crippen molar-refractivity contribution in [2.24, 2.45) is 5.92 Å². The van der Waals surface area contributed by atoms with Gasteiger partial charge in [-0.05, 0) is 30.5 Å². The monoisotopic (exact) mass is 280 g/mol. The van der Waals surface area contributed by atoms with Crippen molar-refractivity contribution >= 4 is 5.97 Å². The van der Waals surface area contributed by atoms with Crippen LogP contribution in [0.2, 0.25) is 0 Å². The summed E-state index contributed by atoms with van der Waals surface area (Å²) in [6.45, 7) is 4.77. The molecule has 0 aliphatic rings. The lowest BCUT2D eigenvalue weighted by molar-refractivity contribution is 0.0480. The van der Waals surface area contributed by atoms with Crippen LogP contribution in [-0.2, 0) is 4.74 Å². The van der Waals surface area contributed by atoms with E-state index in [0.717, 1.165) is 19.3 Å². The maximum Gasteiger partial charge on any atom is 0.338 e. The number of methoxy groups -OCH3 is 2. The maximum atomic E-state index is 12.0. The van der Waals surface area contributed by atoms with Gasteiger partial charge in [0.2, 0.25) is 0 Å². The standard InChI is InChI=1S/C16H24O4/c1-5-12(6-2)9-10-20-16(17)13-7-8-14(18-3)15(11-13)19-4/h7-8,11-12H,5-6,9-10H2,1-4H3. The maximum absolute atomic E-state index is 12.0. The molecule has 1 aromatic carbocycles. The first-order chi connectivity index (χ1) is 9.65. The molecule has 20 heavy (non-hydrogen) atoms. The first kappa shape index (κ1) is 16.3. The molecule has 4 nitrogen and oxygen atoms in total. The van der Waals surface area contributed by atoms with Crippen LogP contribution in [0.15, 0.2) is 18.2 Å². The molecule has 1 aromatic rings. The van der Waals surface area contributed by atoms with Crippen molar-refractivity contribution in [1.29, 1.82) is 0 Å². The number of hydrogen-bond donors (Lipinski definition) is 0. The van der Waals surface area contributed by atoms with E-state index in [4.69, 9.17) is 14.2 Å². The zero-order valence-corrected chi connectivity index (χ0v) is 12.8. The highest BCUT2D eigenvalue weighted by molar-refractivity contribution is 5.90. The number of rotatable bonds is 8. The van der Waals surface area contributed by atoms with E-state index >= 15 is 0 Å². The third-order valence-electron chi connectivity index (χ3n) is 3.53. The Hall–Kier alpha value is -1.71. The summed E-state index contributed by atoms with van der Waals surface area (Å²) >= 11 is 0. The molecule has 1 rings (SSSR count). The summed E-state index contributed by atoms with van der Waals surface area (Å²) in [6, 6.07) is 5.02. The van der Waals surface area contributed by atoms with E-state index in [-0.39, 0.29) is 5.97 Å². The lowest BCUT2D eigenvalue weighted by atomic mass is 10.0. The molecule has 0 saturated carbocycles. The van der Waals surface area contributed by atoms with Gasteiger partial charge >= 0.3 is 5.97 Å². The van der Waals surface area contributed by atoms with Gasteiger partial charge in [0, 0.05) is 0 Å². The lowest BCUT2D eigenvalue weighted by Gasteiger charge is -2.13. The molecule has 0 aliphatic heterocycles. The molecular formula is C16H24O4. The number of carbonyl (C=O) groups excluding carboxylic acids is 1. The van der Waals surface area contributed by atoms with Gasteiger partial charge in [-0.1, -0.05) is 26.7 Å². The lowest BCUT2D eigenvalue weighted by Crippen LogP contribution is -2.10. The highest BCUT2D eigenvalue weighted by Gasteiger charge is 2.12. The second-order valence-electron chi connectivity index (χ2n) is 4.68. The second kappa shape index (κ2) is 8.46. The van der Waals surface area contributed by atoms with Gasteiger partial charge in [0.05, 0.1) is 26.4 Å². The minimum atomic E-state index is -0.322. The van der Waals surface area contributed by atoms with Gasteiger partial charge in [0.25, 0.3) is 0 Å². The summed E-state index contributed by atoms with van der Waals surface area (Å²) in [4.78, 5) is 12.0. The molecule has 0 aliphatic carbocycles. The van der Waals surface area contributed by atoms with Gasteiger partial charge < -0.3 is 14.2 Å². The first-order valence-electron chi connectivity index (χ1n) is 7.05. The second-order valence-corrected chi connectivity index (χ2v) is 4.68. The summed E-state index contributed by atoms with van der Waals surface area (Å²) < 4.78 is 15.6. The normalized spacial score (nSPS) is 10.4. The molecule has 4 heteroatoms. The quantitative estimate of drug-likeness (QED) is 0.681. The van der Waals surface area contributed by atoms with Crippen molar-refractivity contribution in [2.45, 2.75) is 33.1 Å². The molecule has 0 fully saturated rings. The molecule has 0 aromatic heterocycles. The van der Waals surface area contributed by atoms with E-state index in [0.29, 0.717) is 29.6 Å². The number of carbonyl (C=O) groups is 1. The molecule has 0 saturated heterocycles. The van der Waals surface area contributed by atoms with Crippen molar-refractivity contribution in [3.8, 4) is 11.5 Å². The Bertz CT molecular complexity index is 424. The fourth-order valence-electron chi connectivity index (χ4n) is 2.06. The Morgan fingerprint density at radius 1 is 1.10 bits per heavy atom. The summed E-state index contributed by atoms with van der Waals surface area (Å²) in [7, 11) is 3.10. The van der Waals surface area contributed by atoms with Gasteiger partial charge in [-0.3, -0.25) is 0 Å². The van der Waals surface area contributed by atoms with Gasteiger partial charge in [-0.2, -0.15) is 0 Å². The van der Waals surface area contributed by atoms with E-state index in [1.807, 2.05) is 0 Å². The van der Waals surface area contributed by atoms with Crippen LogP contribution in [0.4, 0.5) is 0 Å². The smallest absolute Gasteiger partial charge is 0.338 e. The van der Waals surface area contributed by atoms with Crippen molar-refractivity contribution in [3.05, 3.63) is 23.8 Å².